The molecule has 6 rings (SSSR count). The fraction of sp³-hybridized carbons (Fsp3) is 0.280. The van der Waals surface area contributed by atoms with Crippen LogP contribution in [0, 0.1) is 11.8 Å². The molecule has 2 atom stereocenters. The average Bonchev–Trinajstić information content (AvgIpc) is 3.58. The maximum absolute atomic E-state index is 12.6. The Kier molecular flexibility index (Phi) is 5.17. The molecule has 0 bridgehead atoms. The van der Waals surface area contributed by atoms with E-state index in [1.54, 1.807) is 22.7 Å². The molecule has 4 aromatic rings. The highest BCUT2D eigenvalue weighted by Crippen LogP contribution is 2.34. The second kappa shape index (κ2) is 8.31. The molecule has 0 aliphatic carbocycles. The third-order valence-electron chi connectivity index (χ3n) is 6.43. The molecule has 0 N–H and O–H groups in total. The molecule has 32 heavy (non-hydrogen) atoms. The van der Waals surface area contributed by atoms with Gasteiger partial charge in [0, 0.05) is 38.1 Å². The summed E-state index contributed by atoms with van der Waals surface area (Å²) in [6.07, 6.45) is 0. The van der Waals surface area contributed by atoms with Gasteiger partial charge in [-0.3, -0.25) is 9.69 Å². The molecule has 2 aromatic heterocycles. The van der Waals surface area contributed by atoms with Crippen LogP contribution in [0.5, 0.6) is 10.9 Å². The summed E-state index contributed by atoms with van der Waals surface area (Å²) < 4.78 is 7.10. The Morgan fingerprint density at radius 1 is 1.00 bits per heavy atom. The lowest BCUT2D eigenvalue weighted by Crippen LogP contribution is -2.32. The van der Waals surface area contributed by atoms with Crippen molar-refractivity contribution in [1.29, 1.82) is 0 Å². The highest BCUT2D eigenvalue weighted by Gasteiger charge is 2.41. The minimum Gasteiger partial charge on any atom is -0.431 e. The molecular formula is C25H23N3O2S2. The van der Waals surface area contributed by atoms with Gasteiger partial charge in [0.1, 0.15) is 5.75 Å². The number of aromatic nitrogens is 1. The van der Waals surface area contributed by atoms with Crippen molar-refractivity contribution in [2.24, 2.45) is 11.8 Å². The van der Waals surface area contributed by atoms with Crippen LogP contribution in [0.3, 0.4) is 0 Å². The van der Waals surface area contributed by atoms with Gasteiger partial charge in [-0.2, -0.15) is 11.3 Å². The average molecular weight is 462 g/mol. The number of para-hydroxylation sites is 1. The molecule has 2 aromatic carbocycles. The number of ether oxygens (including phenoxy) is 1. The fourth-order valence-corrected chi connectivity index (χ4v) is 6.34. The van der Waals surface area contributed by atoms with E-state index in [-0.39, 0.29) is 5.91 Å². The van der Waals surface area contributed by atoms with Gasteiger partial charge >= 0.3 is 0 Å². The number of carbonyl (C=O) groups is 1. The van der Waals surface area contributed by atoms with Crippen LogP contribution in [0.1, 0.15) is 15.9 Å². The summed E-state index contributed by atoms with van der Waals surface area (Å²) in [6.45, 7) is 4.81. The first-order chi connectivity index (χ1) is 15.7. The number of thiophene rings is 1. The first-order valence-corrected chi connectivity index (χ1v) is 12.6. The predicted octanol–water partition coefficient (Wildman–Crippen LogP) is 5.35. The molecule has 2 fully saturated rings. The first-order valence-electron chi connectivity index (χ1n) is 10.9. The van der Waals surface area contributed by atoms with Crippen molar-refractivity contribution in [3.8, 4) is 10.9 Å². The normalized spacial score (nSPS) is 20.7. The third kappa shape index (κ3) is 3.92. The van der Waals surface area contributed by atoms with Crippen molar-refractivity contribution in [2.75, 3.05) is 26.2 Å². The number of likely N-dealkylation sites (tertiary alicyclic amines) is 2. The molecule has 0 radical (unpaired) electrons. The summed E-state index contributed by atoms with van der Waals surface area (Å²) in [7, 11) is 0. The minimum absolute atomic E-state index is 0.191. The van der Waals surface area contributed by atoms with Gasteiger partial charge in [-0.15, -0.1) is 0 Å². The van der Waals surface area contributed by atoms with Crippen LogP contribution in [0.25, 0.3) is 10.2 Å². The largest absolute Gasteiger partial charge is 0.431 e. The maximum atomic E-state index is 12.6. The van der Waals surface area contributed by atoms with Gasteiger partial charge in [0.15, 0.2) is 0 Å². The Labute approximate surface area is 194 Å². The summed E-state index contributed by atoms with van der Waals surface area (Å²) in [6, 6.07) is 18.3. The van der Waals surface area contributed by atoms with E-state index in [9.17, 15) is 4.79 Å². The molecule has 0 saturated carbocycles. The van der Waals surface area contributed by atoms with E-state index in [0.717, 1.165) is 54.3 Å². The van der Waals surface area contributed by atoms with Crippen molar-refractivity contribution in [1.82, 2.24) is 14.8 Å². The van der Waals surface area contributed by atoms with Crippen LogP contribution >= 0.6 is 22.7 Å². The molecule has 0 spiro atoms. The van der Waals surface area contributed by atoms with E-state index in [2.05, 4.69) is 28.1 Å². The lowest BCUT2D eigenvalue weighted by Gasteiger charge is -2.21. The quantitative estimate of drug-likeness (QED) is 0.402. The van der Waals surface area contributed by atoms with Crippen molar-refractivity contribution in [3.63, 3.8) is 0 Å². The summed E-state index contributed by atoms with van der Waals surface area (Å²) in [5.41, 5.74) is 3.09. The molecule has 5 nitrogen and oxygen atoms in total. The van der Waals surface area contributed by atoms with Crippen molar-refractivity contribution < 1.29 is 9.53 Å². The molecule has 7 heteroatoms. The standard InChI is InChI=1S/C25H23N3O2S2/c29-24(18-9-10-31-16-18)28-14-19-12-27(13-20(19)15-28)11-17-5-7-21(8-6-17)30-25-26-22-3-1-2-4-23(22)32-25/h1-10,16,19-20H,11-15H2. The van der Waals surface area contributed by atoms with Crippen molar-refractivity contribution >= 4 is 38.8 Å². The molecule has 162 valence electrons. The highest BCUT2D eigenvalue weighted by molar-refractivity contribution is 7.20. The zero-order chi connectivity index (χ0) is 21.5. The number of amides is 1. The summed E-state index contributed by atoms with van der Waals surface area (Å²) in [5.74, 6) is 2.17. The van der Waals surface area contributed by atoms with E-state index in [0.29, 0.717) is 17.0 Å². The van der Waals surface area contributed by atoms with Gasteiger partial charge in [-0.1, -0.05) is 35.6 Å². The van der Waals surface area contributed by atoms with Crippen LogP contribution in [0.4, 0.5) is 0 Å². The first kappa shape index (κ1) is 19.9. The van der Waals surface area contributed by atoms with E-state index >= 15 is 0 Å². The Balaban J connectivity index is 1.04. The van der Waals surface area contributed by atoms with Crippen molar-refractivity contribution in [3.05, 3.63) is 76.5 Å². The molecule has 2 unspecified atom stereocenters. The van der Waals surface area contributed by atoms with Gasteiger partial charge in [0.25, 0.3) is 11.1 Å². The molecule has 2 aliphatic rings. The Morgan fingerprint density at radius 2 is 1.78 bits per heavy atom. The van der Waals surface area contributed by atoms with Crippen LogP contribution in [0.15, 0.2) is 65.4 Å². The van der Waals surface area contributed by atoms with E-state index < -0.39 is 0 Å². The Hall–Kier alpha value is -2.74. The number of benzene rings is 2. The SMILES string of the molecule is O=C(c1ccsc1)N1CC2CN(Cc3ccc(Oc4nc5ccccc5s4)cc3)CC2C1. The van der Waals surface area contributed by atoms with Gasteiger partial charge in [-0.25, -0.2) is 4.98 Å². The van der Waals surface area contributed by atoms with Crippen molar-refractivity contribution in [2.45, 2.75) is 6.54 Å². The number of rotatable bonds is 5. The Morgan fingerprint density at radius 3 is 2.50 bits per heavy atom. The summed E-state index contributed by atoms with van der Waals surface area (Å²) in [5, 5.41) is 4.60. The van der Waals surface area contributed by atoms with Gasteiger partial charge in [-0.05, 0) is 53.1 Å². The lowest BCUT2D eigenvalue weighted by molar-refractivity contribution is 0.0774. The number of nitrogens with zero attached hydrogens (tertiary/aromatic N) is 3. The van der Waals surface area contributed by atoms with Crippen LogP contribution in [-0.4, -0.2) is 46.9 Å². The number of thiazole rings is 1. The van der Waals surface area contributed by atoms with Gasteiger partial charge in [0.2, 0.25) is 0 Å². The Bertz CT molecular complexity index is 1190. The van der Waals surface area contributed by atoms with Crippen LogP contribution in [-0.2, 0) is 6.54 Å². The van der Waals surface area contributed by atoms with Crippen LogP contribution < -0.4 is 4.74 Å². The number of fused-ring (bicyclic) bond motifs is 2. The maximum Gasteiger partial charge on any atom is 0.279 e. The monoisotopic (exact) mass is 461 g/mol. The molecule has 1 amide bonds. The zero-order valence-corrected chi connectivity index (χ0v) is 19.1. The second-order valence-electron chi connectivity index (χ2n) is 8.63. The number of hydrogen-bond donors (Lipinski definition) is 0. The molecule has 4 heterocycles. The molecule has 2 aliphatic heterocycles. The predicted molar refractivity (Wildman–Crippen MR) is 129 cm³/mol. The summed E-state index contributed by atoms with van der Waals surface area (Å²) in [4.78, 5) is 21.7. The van der Waals surface area contributed by atoms with E-state index in [1.807, 2.05) is 52.1 Å². The topological polar surface area (TPSA) is 45.7 Å². The van der Waals surface area contributed by atoms with Crippen LogP contribution in [0.2, 0.25) is 0 Å². The molecule has 2 saturated heterocycles. The minimum atomic E-state index is 0.191. The van der Waals surface area contributed by atoms with E-state index in [1.165, 1.54) is 5.56 Å². The highest BCUT2D eigenvalue weighted by atomic mass is 32.1. The second-order valence-corrected chi connectivity index (χ2v) is 10.4. The zero-order valence-electron chi connectivity index (χ0n) is 17.5. The number of hydrogen-bond acceptors (Lipinski definition) is 6. The lowest BCUT2D eigenvalue weighted by atomic mass is 10.0. The summed E-state index contributed by atoms with van der Waals surface area (Å²) >= 11 is 3.15. The number of carbonyl (C=O) groups excluding carboxylic acids is 1. The smallest absolute Gasteiger partial charge is 0.279 e. The van der Waals surface area contributed by atoms with E-state index in [4.69, 9.17) is 4.74 Å². The molecular weight excluding hydrogens is 438 g/mol. The van der Waals surface area contributed by atoms with Gasteiger partial charge in [0.05, 0.1) is 15.8 Å². The van der Waals surface area contributed by atoms with Gasteiger partial charge < -0.3 is 9.64 Å². The fourth-order valence-electron chi connectivity index (χ4n) is 4.87. The third-order valence-corrected chi connectivity index (χ3v) is 8.02.